The molecule has 17 heavy (non-hydrogen) atoms. The zero-order valence-electron chi connectivity index (χ0n) is 9.06. The van der Waals surface area contributed by atoms with Crippen molar-refractivity contribution < 1.29 is 4.39 Å². The van der Waals surface area contributed by atoms with Gasteiger partial charge in [0.15, 0.2) is 5.82 Å². The van der Waals surface area contributed by atoms with Crippen molar-refractivity contribution in [3.63, 3.8) is 0 Å². The van der Waals surface area contributed by atoms with E-state index >= 15 is 0 Å². The van der Waals surface area contributed by atoms with Crippen LogP contribution in [0.15, 0.2) is 16.6 Å². The Morgan fingerprint density at radius 3 is 2.82 bits per heavy atom. The Kier molecular flexibility index (Phi) is 2.83. The summed E-state index contributed by atoms with van der Waals surface area (Å²) in [7, 11) is 0. The molecule has 1 aliphatic carbocycles. The summed E-state index contributed by atoms with van der Waals surface area (Å²) < 4.78 is 14.5. The largest absolute Gasteiger partial charge is 0.249 e. The lowest BCUT2D eigenvalue weighted by atomic mass is 9.94. The number of pyridine rings is 1. The average Bonchev–Trinajstić information content (AvgIpc) is 2.31. The number of rotatable bonds is 0. The van der Waals surface area contributed by atoms with Crippen molar-refractivity contribution in [1.82, 2.24) is 4.98 Å². The predicted octanol–water partition coefficient (Wildman–Crippen LogP) is 4.67. The molecule has 1 aromatic carbocycles. The third-order valence-electron chi connectivity index (χ3n) is 3.22. The lowest BCUT2D eigenvalue weighted by Gasteiger charge is -2.18. The SMILES string of the molecule is Fc1cc(Br)cc2c(Cl)c3c(nc12)CCCC3. The lowest BCUT2D eigenvalue weighted by Crippen LogP contribution is -2.07. The highest BCUT2D eigenvalue weighted by atomic mass is 79.9. The molecule has 0 aliphatic heterocycles. The fraction of sp³-hybridized carbons (Fsp3) is 0.308. The average molecular weight is 315 g/mol. The minimum atomic E-state index is -0.315. The van der Waals surface area contributed by atoms with Crippen LogP contribution < -0.4 is 0 Å². The van der Waals surface area contributed by atoms with Gasteiger partial charge < -0.3 is 0 Å². The summed E-state index contributed by atoms with van der Waals surface area (Å²) in [5.74, 6) is -0.315. The van der Waals surface area contributed by atoms with Gasteiger partial charge in [0.25, 0.3) is 0 Å². The second-order valence-electron chi connectivity index (χ2n) is 4.34. The van der Waals surface area contributed by atoms with Gasteiger partial charge in [0, 0.05) is 15.6 Å². The van der Waals surface area contributed by atoms with E-state index in [1.807, 2.05) is 6.07 Å². The van der Waals surface area contributed by atoms with E-state index in [0.29, 0.717) is 20.4 Å². The Bertz CT molecular complexity index is 612. The fourth-order valence-corrected chi connectivity index (χ4v) is 3.17. The number of nitrogens with zero attached hydrogens (tertiary/aromatic N) is 1. The maximum atomic E-state index is 13.8. The second kappa shape index (κ2) is 4.21. The zero-order chi connectivity index (χ0) is 12.0. The molecule has 88 valence electrons. The van der Waals surface area contributed by atoms with E-state index < -0.39 is 0 Å². The van der Waals surface area contributed by atoms with E-state index in [9.17, 15) is 4.39 Å². The van der Waals surface area contributed by atoms with Crippen LogP contribution in [0.25, 0.3) is 10.9 Å². The molecular weight excluding hydrogens is 305 g/mol. The highest BCUT2D eigenvalue weighted by Crippen LogP contribution is 2.35. The van der Waals surface area contributed by atoms with Gasteiger partial charge in [-0.2, -0.15) is 0 Å². The van der Waals surface area contributed by atoms with Gasteiger partial charge in [0.05, 0.1) is 5.02 Å². The van der Waals surface area contributed by atoms with Gasteiger partial charge in [0.1, 0.15) is 5.52 Å². The molecule has 4 heteroatoms. The molecule has 3 rings (SSSR count). The number of hydrogen-bond donors (Lipinski definition) is 0. The standard InChI is InChI=1S/C13H10BrClFN/c14-7-5-9-12(15)8-3-1-2-4-11(8)17-13(9)10(16)6-7/h5-6H,1-4H2. The van der Waals surface area contributed by atoms with Crippen LogP contribution in [0.5, 0.6) is 0 Å². The van der Waals surface area contributed by atoms with Crippen molar-refractivity contribution in [3.05, 3.63) is 38.7 Å². The molecule has 0 saturated heterocycles. The first kappa shape index (κ1) is 11.4. The van der Waals surface area contributed by atoms with E-state index in [-0.39, 0.29) is 5.82 Å². The number of aryl methyl sites for hydroxylation is 1. The van der Waals surface area contributed by atoms with Crippen LogP contribution in [0, 0.1) is 5.82 Å². The molecule has 0 spiro atoms. The molecule has 0 bridgehead atoms. The molecule has 0 amide bonds. The first-order valence-electron chi connectivity index (χ1n) is 5.63. The monoisotopic (exact) mass is 313 g/mol. The topological polar surface area (TPSA) is 12.9 Å². The Balaban J connectivity index is 2.40. The maximum Gasteiger partial charge on any atom is 0.150 e. The summed E-state index contributed by atoms with van der Waals surface area (Å²) in [6.07, 6.45) is 4.10. The quantitative estimate of drug-likeness (QED) is 0.688. The first-order valence-corrected chi connectivity index (χ1v) is 6.80. The number of benzene rings is 1. The van der Waals surface area contributed by atoms with E-state index in [4.69, 9.17) is 11.6 Å². The fourth-order valence-electron chi connectivity index (χ4n) is 2.39. The lowest BCUT2D eigenvalue weighted by molar-refractivity contribution is 0.631. The van der Waals surface area contributed by atoms with Crippen molar-refractivity contribution in [2.75, 3.05) is 0 Å². The highest BCUT2D eigenvalue weighted by molar-refractivity contribution is 9.10. The zero-order valence-corrected chi connectivity index (χ0v) is 11.4. The van der Waals surface area contributed by atoms with Gasteiger partial charge in [-0.1, -0.05) is 27.5 Å². The van der Waals surface area contributed by atoms with Crippen molar-refractivity contribution in [2.24, 2.45) is 0 Å². The van der Waals surface area contributed by atoms with Crippen LogP contribution in [0.2, 0.25) is 5.02 Å². The van der Waals surface area contributed by atoms with E-state index in [1.54, 1.807) is 0 Å². The van der Waals surface area contributed by atoms with Crippen LogP contribution in [0.1, 0.15) is 24.1 Å². The first-order chi connectivity index (χ1) is 8.16. The van der Waals surface area contributed by atoms with Crippen LogP contribution >= 0.6 is 27.5 Å². The van der Waals surface area contributed by atoms with E-state index in [0.717, 1.165) is 36.9 Å². The summed E-state index contributed by atoms with van der Waals surface area (Å²) in [4.78, 5) is 4.44. The van der Waals surface area contributed by atoms with Crippen LogP contribution in [0.3, 0.4) is 0 Å². The highest BCUT2D eigenvalue weighted by Gasteiger charge is 2.18. The van der Waals surface area contributed by atoms with E-state index in [2.05, 4.69) is 20.9 Å². The number of halogens is 3. The summed E-state index contributed by atoms with van der Waals surface area (Å²) in [5, 5.41) is 1.38. The van der Waals surface area contributed by atoms with Crippen molar-refractivity contribution >= 4 is 38.4 Å². The summed E-state index contributed by atoms with van der Waals surface area (Å²) >= 11 is 9.66. The van der Waals surface area contributed by atoms with Gasteiger partial charge in [0.2, 0.25) is 0 Å². The molecule has 0 fully saturated rings. The molecule has 1 aliphatic rings. The van der Waals surface area contributed by atoms with Crippen LogP contribution in [0.4, 0.5) is 4.39 Å². The smallest absolute Gasteiger partial charge is 0.150 e. The van der Waals surface area contributed by atoms with Gasteiger partial charge in [-0.05, 0) is 43.4 Å². The molecule has 2 aromatic rings. The van der Waals surface area contributed by atoms with Crippen LogP contribution in [-0.4, -0.2) is 4.98 Å². The van der Waals surface area contributed by atoms with Crippen molar-refractivity contribution in [3.8, 4) is 0 Å². The normalized spacial score (nSPS) is 15.0. The van der Waals surface area contributed by atoms with Gasteiger partial charge >= 0.3 is 0 Å². The minimum Gasteiger partial charge on any atom is -0.249 e. The Hall–Kier alpha value is -0.670. The summed E-state index contributed by atoms with van der Waals surface area (Å²) in [6.45, 7) is 0. The summed E-state index contributed by atoms with van der Waals surface area (Å²) in [5.41, 5.74) is 2.46. The Morgan fingerprint density at radius 1 is 1.24 bits per heavy atom. The summed E-state index contributed by atoms with van der Waals surface area (Å²) in [6, 6.07) is 3.27. The molecule has 1 aromatic heterocycles. The number of fused-ring (bicyclic) bond motifs is 2. The molecule has 0 saturated carbocycles. The third-order valence-corrected chi connectivity index (χ3v) is 4.10. The second-order valence-corrected chi connectivity index (χ2v) is 5.64. The Morgan fingerprint density at radius 2 is 2.00 bits per heavy atom. The number of aromatic nitrogens is 1. The van der Waals surface area contributed by atoms with Gasteiger partial charge in [-0.25, -0.2) is 9.37 Å². The van der Waals surface area contributed by atoms with E-state index in [1.165, 1.54) is 6.07 Å². The van der Waals surface area contributed by atoms with Gasteiger partial charge in [-0.3, -0.25) is 0 Å². The molecule has 0 radical (unpaired) electrons. The predicted molar refractivity (Wildman–Crippen MR) is 71.1 cm³/mol. The van der Waals surface area contributed by atoms with Crippen molar-refractivity contribution in [2.45, 2.75) is 25.7 Å². The van der Waals surface area contributed by atoms with Crippen molar-refractivity contribution in [1.29, 1.82) is 0 Å². The van der Waals surface area contributed by atoms with Gasteiger partial charge in [-0.15, -0.1) is 0 Å². The number of hydrogen-bond acceptors (Lipinski definition) is 1. The molecule has 1 heterocycles. The molecule has 0 N–H and O–H groups in total. The Labute approximate surface area is 112 Å². The molecular formula is C13H10BrClFN. The molecule has 0 unspecified atom stereocenters. The minimum absolute atomic E-state index is 0.315. The maximum absolute atomic E-state index is 13.8. The van der Waals surface area contributed by atoms with Crippen LogP contribution in [-0.2, 0) is 12.8 Å². The molecule has 0 atom stereocenters. The molecule has 1 nitrogen and oxygen atoms in total. The third kappa shape index (κ3) is 1.85.